The second kappa shape index (κ2) is 6.06. The predicted octanol–water partition coefficient (Wildman–Crippen LogP) is 2.79. The monoisotopic (exact) mass is 282 g/mol. The third-order valence-corrected chi connectivity index (χ3v) is 6.44. The van der Waals surface area contributed by atoms with Crippen LogP contribution >= 0.6 is 0 Å². The van der Waals surface area contributed by atoms with Gasteiger partial charge in [-0.3, -0.25) is 0 Å². The van der Waals surface area contributed by atoms with Gasteiger partial charge in [0.1, 0.15) is 0 Å². The highest BCUT2D eigenvalue weighted by Crippen LogP contribution is 2.34. The van der Waals surface area contributed by atoms with Crippen molar-refractivity contribution in [2.75, 3.05) is 0 Å². The molecule has 0 aliphatic heterocycles. The molecule has 0 radical (unpaired) electrons. The highest BCUT2D eigenvalue weighted by molar-refractivity contribution is 7.92. The summed E-state index contributed by atoms with van der Waals surface area (Å²) >= 11 is 0. The quantitative estimate of drug-likeness (QED) is 0.924. The third-order valence-electron chi connectivity index (χ3n) is 4.02. The summed E-state index contributed by atoms with van der Waals surface area (Å²) in [7, 11) is -3.45. The molecule has 0 unspecified atom stereocenters. The van der Waals surface area contributed by atoms with Crippen LogP contribution in [0.2, 0.25) is 0 Å². The van der Waals surface area contributed by atoms with Gasteiger partial charge in [0.2, 0.25) is 0 Å². The first kappa shape index (κ1) is 14.5. The van der Waals surface area contributed by atoms with Crippen LogP contribution in [-0.4, -0.2) is 24.9 Å². The fourth-order valence-electron chi connectivity index (χ4n) is 3.14. The summed E-state index contributed by atoms with van der Waals surface area (Å²) in [5.41, 5.74) is 0. The molecule has 1 aromatic rings. The minimum absolute atomic E-state index is 0.0824. The van der Waals surface area contributed by atoms with E-state index in [2.05, 4.69) is 0 Å². The Morgan fingerprint density at radius 3 is 2.21 bits per heavy atom. The molecule has 1 fully saturated rings. The van der Waals surface area contributed by atoms with Gasteiger partial charge in [-0.15, -0.1) is 0 Å². The minimum atomic E-state index is -3.45. The number of hydrogen-bond donors (Lipinski definition) is 1. The average molecular weight is 282 g/mol. The fourth-order valence-corrected chi connectivity index (χ4v) is 5.28. The van der Waals surface area contributed by atoms with Gasteiger partial charge >= 0.3 is 0 Å². The highest BCUT2D eigenvalue weighted by atomic mass is 32.2. The Labute approximate surface area is 115 Å². The van der Waals surface area contributed by atoms with Crippen molar-refractivity contribution >= 4 is 9.84 Å². The summed E-state index contributed by atoms with van der Waals surface area (Å²) in [4.78, 5) is 0.325. The molecule has 1 aliphatic rings. The zero-order valence-electron chi connectivity index (χ0n) is 11.3. The Balaban J connectivity index is 2.33. The van der Waals surface area contributed by atoms with Gasteiger partial charge in [0.25, 0.3) is 0 Å². The van der Waals surface area contributed by atoms with E-state index in [1.807, 2.05) is 0 Å². The van der Waals surface area contributed by atoms with Gasteiger partial charge in [-0.05, 0) is 37.8 Å². The molecule has 0 amide bonds. The molecule has 1 aliphatic carbocycles. The maximum atomic E-state index is 12.7. The first-order valence-corrected chi connectivity index (χ1v) is 8.55. The van der Waals surface area contributed by atoms with Crippen molar-refractivity contribution in [2.45, 2.75) is 55.3 Å². The van der Waals surface area contributed by atoms with Crippen LogP contribution < -0.4 is 0 Å². The summed E-state index contributed by atoms with van der Waals surface area (Å²) in [5.74, 6) is 0.0824. The van der Waals surface area contributed by atoms with Crippen molar-refractivity contribution in [1.82, 2.24) is 0 Å². The molecule has 0 heterocycles. The van der Waals surface area contributed by atoms with Crippen LogP contribution in [0.5, 0.6) is 0 Å². The molecule has 0 aromatic heterocycles. The lowest BCUT2D eigenvalue weighted by atomic mass is 9.85. The van der Waals surface area contributed by atoms with E-state index in [1.54, 1.807) is 37.3 Å². The Morgan fingerprint density at radius 1 is 1.11 bits per heavy atom. The van der Waals surface area contributed by atoms with Crippen LogP contribution in [-0.2, 0) is 9.84 Å². The van der Waals surface area contributed by atoms with E-state index in [4.69, 9.17) is 0 Å². The summed E-state index contributed by atoms with van der Waals surface area (Å²) < 4.78 is 25.4. The van der Waals surface area contributed by atoms with Crippen LogP contribution in [0.4, 0.5) is 0 Å². The molecular formula is C15H22O3S. The molecule has 0 spiro atoms. The predicted molar refractivity (Wildman–Crippen MR) is 75.7 cm³/mol. The molecule has 0 saturated heterocycles. The van der Waals surface area contributed by atoms with Gasteiger partial charge in [-0.25, -0.2) is 8.42 Å². The third kappa shape index (κ3) is 3.18. The molecule has 1 aromatic carbocycles. The van der Waals surface area contributed by atoms with Gasteiger partial charge in [-0.2, -0.15) is 0 Å². The number of aliphatic hydroxyl groups excluding tert-OH is 1. The summed E-state index contributed by atoms with van der Waals surface area (Å²) in [5, 5.41) is 9.31. The summed E-state index contributed by atoms with van der Waals surface area (Å²) in [6.07, 6.45) is 4.29. The van der Waals surface area contributed by atoms with Gasteiger partial charge in [0.05, 0.1) is 16.2 Å². The van der Waals surface area contributed by atoms with Crippen molar-refractivity contribution in [1.29, 1.82) is 0 Å². The lowest BCUT2D eigenvalue weighted by Crippen LogP contribution is -2.39. The number of hydrogen-bond acceptors (Lipinski definition) is 3. The Morgan fingerprint density at radius 2 is 1.68 bits per heavy atom. The van der Waals surface area contributed by atoms with Crippen molar-refractivity contribution in [3.63, 3.8) is 0 Å². The smallest absolute Gasteiger partial charge is 0.184 e. The van der Waals surface area contributed by atoms with Crippen LogP contribution in [0.3, 0.4) is 0 Å². The van der Waals surface area contributed by atoms with Crippen molar-refractivity contribution < 1.29 is 13.5 Å². The van der Waals surface area contributed by atoms with Crippen molar-refractivity contribution in [3.05, 3.63) is 30.3 Å². The van der Waals surface area contributed by atoms with E-state index in [9.17, 15) is 13.5 Å². The maximum absolute atomic E-state index is 12.7. The fraction of sp³-hybridized carbons (Fsp3) is 0.600. The van der Waals surface area contributed by atoms with E-state index >= 15 is 0 Å². The first-order chi connectivity index (χ1) is 9.03. The number of rotatable bonds is 4. The average Bonchev–Trinajstić information content (AvgIpc) is 2.40. The van der Waals surface area contributed by atoms with Crippen LogP contribution in [0.25, 0.3) is 0 Å². The SMILES string of the molecule is C[C@@H](O)[C@H](C1CCCCC1)S(=O)(=O)c1ccccc1. The van der Waals surface area contributed by atoms with Gasteiger partial charge in [0.15, 0.2) is 9.84 Å². The Kier molecular flexibility index (Phi) is 4.63. The van der Waals surface area contributed by atoms with E-state index in [0.29, 0.717) is 4.90 Å². The molecule has 19 heavy (non-hydrogen) atoms. The zero-order valence-corrected chi connectivity index (χ0v) is 12.1. The summed E-state index contributed by atoms with van der Waals surface area (Å²) in [6, 6.07) is 8.50. The number of aliphatic hydroxyl groups is 1. The van der Waals surface area contributed by atoms with Gasteiger partial charge in [0, 0.05) is 0 Å². The Hall–Kier alpha value is -0.870. The van der Waals surface area contributed by atoms with Crippen LogP contribution in [0, 0.1) is 5.92 Å². The molecule has 1 saturated carbocycles. The van der Waals surface area contributed by atoms with Gasteiger partial charge in [-0.1, -0.05) is 37.5 Å². The second-order valence-electron chi connectivity index (χ2n) is 5.46. The van der Waals surface area contributed by atoms with Crippen LogP contribution in [0.15, 0.2) is 35.2 Å². The lowest BCUT2D eigenvalue weighted by Gasteiger charge is -2.31. The first-order valence-electron chi connectivity index (χ1n) is 7.00. The highest BCUT2D eigenvalue weighted by Gasteiger charge is 2.38. The minimum Gasteiger partial charge on any atom is -0.392 e. The van der Waals surface area contributed by atoms with Gasteiger partial charge < -0.3 is 5.11 Å². The molecule has 1 N–H and O–H groups in total. The van der Waals surface area contributed by atoms with Crippen molar-refractivity contribution in [2.24, 2.45) is 5.92 Å². The second-order valence-corrected chi connectivity index (χ2v) is 7.57. The largest absolute Gasteiger partial charge is 0.392 e. The molecule has 2 rings (SSSR count). The van der Waals surface area contributed by atoms with Crippen molar-refractivity contribution in [3.8, 4) is 0 Å². The lowest BCUT2D eigenvalue weighted by molar-refractivity contribution is 0.150. The molecule has 2 atom stereocenters. The Bertz CT molecular complexity index is 487. The van der Waals surface area contributed by atoms with E-state index < -0.39 is 21.2 Å². The molecule has 4 heteroatoms. The van der Waals surface area contributed by atoms with Crippen LogP contribution in [0.1, 0.15) is 39.0 Å². The standard InChI is InChI=1S/C15H22O3S/c1-12(16)15(13-8-4-2-5-9-13)19(17,18)14-10-6-3-7-11-14/h3,6-7,10-13,15-16H,2,4-5,8-9H2,1H3/t12-,15-/m1/s1. The molecule has 0 bridgehead atoms. The molecule has 3 nitrogen and oxygen atoms in total. The molecule has 106 valence electrons. The van der Waals surface area contributed by atoms with E-state index in [-0.39, 0.29) is 5.92 Å². The maximum Gasteiger partial charge on any atom is 0.184 e. The normalized spacial score (nSPS) is 20.9. The zero-order chi connectivity index (χ0) is 13.9. The summed E-state index contributed by atoms with van der Waals surface area (Å²) in [6.45, 7) is 1.60. The topological polar surface area (TPSA) is 54.4 Å². The molecular weight excluding hydrogens is 260 g/mol. The number of sulfone groups is 1. The number of benzene rings is 1. The van der Waals surface area contributed by atoms with E-state index in [0.717, 1.165) is 25.7 Å². The van der Waals surface area contributed by atoms with E-state index in [1.165, 1.54) is 6.42 Å².